The van der Waals surface area contributed by atoms with Crippen molar-refractivity contribution in [2.75, 3.05) is 12.4 Å². The van der Waals surface area contributed by atoms with E-state index in [2.05, 4.69) is 21.2 Å². The van der Waals surface area contributed by atoms with E-state index in [4.69, 9.17) is 21.3 Å². The second-order valence-electron chi connectivity index (χ2n) is 7.13. The Labute approximate surface area is 198 Å². The summed E-state index contributed by atoms with van der Waals surface area (Å²) in [5.41, 5.74) is 4.31. The smallest absolute Gasteiger partial charge is 0.337 e. The summed E-state index contributed by atoms with van der Waals surface area (Å²) in [5, 5.41) is 3.83. The van der Waals surface area contributed by atoms with Crippen LogP contribution in [0.4, 0.5) is 5.69 Å². The van der Waals surface area contributed by atoms with Gasteiger partial charge in [-0.25, -0.2) is 9.78 Å². The molecule has 1 N–H and O–H groups in total. The zero-order chi connectivity index (χ0) is 22.8. The van der Waals surface area contributed by atoms with Gasteiger partial charge < -0.3 is 10.1 Å². The Morgan fingerprint density at radius 3 is 2.47 bits per heavy atom. The van der Waals surface area contributed by atoms with Crippen LogP contribution in [-0.2, 0) is 4.74 Å². The number of hydrogen-bond acceptors (Lipinski definition) is 4. The third kappa shape index (κ3) is 4.24. The van der Waals surface area contributed by atoms with Crippen molar-refractivity contribution in [1.82, 2.24) is 4.98 Å². The first-order valence-electron chi connectivity index (χ1n) is 9.73. The lowest BCUT2D eigenvalue weighted by atomic mass is 9.97. The summed E-state index contributed by atoms with van der Waals surface area (Å²) >= 11 is 9.82. The van der Waals surface area contributed by atoms with Crippen molar-refractivity contribution in [2.24, 2.45) is 0 Å². The predicted octanol–water partition coefficient (Wildman–Crippen LogP) is 6.67. The van der Waals surface area contributed by atoms with Gasteiger partial charge in [-0.05, 0) is 48.9 Å². The third-order valence-electron chi connectivity index (χ3n) is 5.10. The average molecular weight is 510 g/mol. The second kappa shape index (κ2) is 9.10. The number of fused-ring (bicyclic) bond motifs is 1. The van der Waals surface area contributed by atoms with Gasteiger partial charge in [0.15, 0.2) is 0 Å². The Kier molecular flexibility index (Phi) is 6.26. The molecule has 0 saturated heterocycles. The van der Waals surface area contributed by atoms with Crippen LogP contribution in [-0.4, -0.2) is 24.0 Å². The Bertz CT molecular complexity index is 1360. The van der Waals surface area contributed by atoms with Crippen LogP contribution in [0.3, 0.4) is 0 Å². The summed E-state index contributed by atoms with van der Waals surface area (Å²) in [5.74, 6) is -0.823. The molecular weight excluding hydrogens is 492 g/mol. The van der Waals surface area contributed by atoms with E-state index in [9.17, 15) is 9.59 Å². The molecule has 3 aromatic carbocycles. The first-order chi connectivity index (χ1) is 15.4. The molecule has 32 heavy (non-hydrogen) atoms. The Morgan fingerprint density at radius 2 is 1.78 bits per heavy atom. The SMILES string of the molecule is COC(=O)c1ccc(NC(=O)c2c(C)c(-c3ccccc3)nc3ccc(Br)cc23)c(Cl)c1. The largest absolute Gasteiger partial charge is 0.465 e. The van der Waals surface area contributed by atoms with Gasteiger partial charge in [-0.15, -0.1) is 0 Å². The highest BCUT2D eigenvalue weighted by Gasteiger charge is 2.20. The predicted molar refractivity (Wildman–Crippen MR) is 130 cm³/mol. The number of rotatable bonds is 4. The molecule has 4 aromatic rings. The van der Waals surface area contributed by atoms with Crippen molar-refractivity contribution in [3.05, 3.63) is 92.9 Å². The maximum absolute atomic E-state index is 13.5. The van der Waals surface area contributed by atoms with Crippen molar-refractivity contribution in [3.63, 3.8) is 0 Å². The molecular formula is C25H18BrClN2O3. The molecule has 0 spiro atoms. The molecule has 1 aromatic heterocycles. The fraction of sp³-hybridized carbons (Fsp3) is 0.0800. The van der Waals surface area contributed by atoms with E-state index in [1.54, 1.807) is 12.1 Å². The van der Waals surface area contributed by atoms with Crippen LogP contribution >= 0.6 is 27.5 Å². The minimum atomic E-state index is -0.502. The summed E-state index contributed by atoms with van der Waals surface area (Å²) in [7, 11) is 1.30. The van der Waals surface area contributed by atoms with Crippen molar-refractivity contribution < 1.29 is 14.3 Å². The number of carbonyl (C=O) groups excluding carboxylic acids is 2. The number of anilines is 1. The molecule has 0 unspecified atom stereocenters. The molecule has 160 valence electrons. The summed E-state index contributed by atoms with van der Waals surface area (Å²) < 4.78 is 5.56. The van der Waals surface area contributed by atoms with E-state index in [1.165, 1.54) is 13.2 Å². The molecule has 1 amide bonds. The molecule has 0 aliphatic rings. The lowest BCUT2D eigenvalue weighted by Gasteiger charge is -2.16. The van der Waals surface area contributed by atoms with Crippen LogP contribution in [0.5, 0.6) is 0 Å². The van der Waals surface area contributed by atoms with Gasteiger partial charge in [0.25, 0.3) is 5.91 Å². The highest BCUT2D eigenvalue weighted by atomic mass is 79.9. The van der Waals surface area contributed by atoms with Gasteiger partial charge in [0.05, 0.1) is 40.2 Å². The summed E-state index contributed by atoms with van der Waals surface area (Å²) in [6.45, 7) is 1.88. The van der Waals surface area contributed by atoms with Gasteiger partial charge in [0.2, 0.25) is 0 Å². The van der Waals surface area contributed by atoms with Crippen molar-refractivity contribution in [1.29, 1.82) is 0 Å². The number of halogens is 2. The molecule has 0 aliphatic carbocycles. The number of amides is 1. The van der Waals surface area contributed by atoms with Crippen LogP contribution in [0.1, 0.15) is 26.3 Å². The molecule has 0 bridgehead atoms. The number of methoxy groups -OCH3 is 1. The lowest BCUT2D eigenvalue weighted by molar-refractivity contribution is 0.0600. The van der Waals surface area contributed by atoms with E-state index in [0.29, 0.717) is 22.3 Å². The van der Waals surface area contributed by atoms with Crippen LogP contribution in [0.2, 0.25) is 5.02 Å². The molecule has 0 saturated carbocycles. The van der Waals surface area contributed by atoms with Crippen molar-refractivity contribution >= 4 is 56.0 Å². The fourth-order valence-corrected chi connectivity index (χ4v) is 4.14. The van der Waals surface area contributed by atoms with Gasteiger partial charge in [-0.3, -0.25) is 4.79 Å². The maximum atomic E-state index is 13.5. The normalized spacial score (nSPS) is 10.8. The van der Waals surface area contributed by atoms with E-state index in [1.807, 2.05) is 55.5 Å². The van der Waals surface area contributed by atoms with Crippen LogP contribution < -0.4 is 5.32 Å². The lowest BCUT2D eigenvalue weighted by Crippen LogP contribution is -2.16. The third-order valence-corrected chi connectivity index (χ3v) is 5.91. The number of esters is 1. The van der Waals surface area contributed by atoms with Crippen LogP contribution in [0, 0.1) is 6.92 Å². The molecule has 7 heteroatoms. The summed E-state index contributed by atoms with van der Waals surface area (Å²) in [4.78, 5) is 30.0. The first-order valence-corrected chi connectivity index (χ1v) is 10.9. The zero-order valence-corrected chi connectivity index (χ0v) is 19.6. The van der Waals surface area contributed by atoms with E-state index in [0.717, 1.165) is 26.7 Å². The number of benzene rings is 3. The Balaban J connectivity index is 1.82. The zero-order valence-electron chi connectivity index (χ0n) is 17.3. The van der Waals surface area contributed by atoms with Crippen molar-refractivity contribution in [2.45, 2.75) is 6.92 Å². The fourth-order valence-electron chi connectivity index (χ4n) is 3.55. The number of aromatic nitrogens is 1. The number of nitrogens with one attached hydrogen (secondary N) is 1. The Morgan fingerprint density at radius 1 is 1.03 bits per heavy atom. The molecule has 0 radical (unpaired) electrons. The molecule has 1 heterocycles. The highest BCUT2D eigenvalue weighted by Crippen LogP contribution is 2.32. The minimum Gasteiger partial charge on any atom is -0.465 e. The second-order valence-corrected chi connectivity index (χ2v) is 8.45. The van der Waals surface area contributed by atoms with E-state index < -0.39 is 5.97 Å². The summed E-state index contributed by atoms with van der Waals surface area (Å²) in [6.07, 6.45) is 0. The van der Waals surface area contributed by atoms with Gasteiger partial charge >= 0.3 is 5.97 Å². The van der Waals surface area contributed by atoms with Crippen LogP contribution in [0.15, 0.2) is 71.2 Å². The van der Waals surface area contributed by atoms with Gasteiger partial charge in [0, 0.05) is 15.4 Å². The average Bonchev–Trinajstić information content (AvgIpc) is 2.80. The molecule has 4 rings (SSSR count). The van der Waals surface area contributed by atoms with E-state index in [-0.39, 0.29) is 10.9 Å². The van der Waals surface area contributed by atoms with Gasteiger partial charge in [-0.2, -0.15) is 0 Å². The monoisotopic (exact) mass is 508 g/mol. The van der Waals surface area contributed by atoms with Gasteiger partial charge in [-0.1, -0.05) is 57.9 Å². The number of hydrogen-bond donors (Lipinski definition) is 1. The van der Waals surface area contributed by atoms with E-state index >= 15 is 0 Å². The summed E-state index contributed by atoms with van der Waals surface area (Å²) in [6, 6.07) is 20.0. The Hall–Kier alpha value is -3.22. The molecule has 0 atom stereocenters. The quantitative estimate of drug-likeness (QED) is 0.312. The minimum absolute atomic E-state index is 0.238. The topological polar surface area (TPSA) is 68.3 Å². The number of carbonyl (C=O) groups is 2. The standard InChI is InChI=1S/C25H18BrClN2O3/c1-14-22(24(30)29-21-10-8-16(12-19(21)27)25(31)32-2)18-13-17(26)9-11-20(18)28-23(14)15-6-4-3-5-7-15/h3-13H,1-2H3,(H,29,30). The first kappa shape index (κ1) is 22.0. The number of nitrogens with zero attached hydrogens (tertiary/aromatic N) is 1. The number of pyridine rings is 1. The van der Waals surface area contributed by atoms with Crippen LogP contribution in [0.25, 0.3) is 22.2 Å². The molecule has 5 nitrogen and oxygen atoms in total. The molecule has 0 aliphatic heterocycles. The van der Waals surface area contributed by atoms with Gasteiger partial charge in [0.1, 0.15) is 0 Å². The van der Waals surface area contributed by atoms with Crippen molar-refractivity contribution in [3.8, 4) is 11.3 Å². The highest BCUT2D eigenvalue weighted by molar-refractivity contribution is 9.10. The number of ether oxygens (including phenoxy) is 1. The maximum Gasteiger partial charge on any atom is 0.337 e. The molecule has 0 fully saturated rings.